The van der Waals surface area contributed by atoms with E-state index in [0.29, 0.717) is 83.1 Å². The zero-order valence-electron chi connectivity index (χ0n) is 40.7. The van der Waals surface area contributed by atoms with Gasteiger partial charge in [0, 0.05) is 37.7 Å². The Morgan fingerprint density at radius 3 is 1.09 bits per heavy atom. The highest BCUT2D eigenvalue weighted by molar-refractivity contribution is 7.98. The number of ether oxygens (including phenoxy) is 8. The van der Waals surface area contributed by atoms with E-state index in [4.69, 9.17) is 37.9 Å². The topological polar surface area (TPSA) is 220 Å². The van der Waals surface area contributed by atoms with Crippen LogP contribution in [0.25, 0.3) is 0 Å². The number of rotatable bonds is 40. The van der Waals surface area contributed by atoms with Crippen molar-refractivity contribution >= 4 is 72.1 Å². The minimum Gasteiger partial charge on any atom is -0.462 e. The second kappa shape index (κ2) is 39.3. The van der Waals surface area contributed by atoms with Crippen molar-refractivity contribution in [2.75, 3.05) is 130 Å². The van der Waals surface area contributed by atoms with Gasteiger partial charge >= 0.3 is 47.8 Å². The molecule has 0 aromatic carbocycles. The summed E-state index contributed by atoms with van der Waals surface area (Å²) in [6.45, 7) is 13.8. The van der Waals surface area contributed by atoms with E-state index in [0.717, 1.165) is 0 Å². The van der Waals surface area contributed by atoms with Crippen molar-refractivity contribution < 1.29 is 76.3 Å². The van der Waals surface area contributed by atoms with Gasteiger partial charge in [0.2, 0.25) is 0 Å². The minimum absolute atomic E-state index is 0.0329. The predicted molar refractivity (Wildman–Crippen MR) is 251 cm³/mol. The first-order valence-electron chi connectivity index (χ1n) is 23.0. The average Bonchev–Trinajstić information content (AvgIpc) is 3.29. The number of thiol groups is 1. The molecule has 0 heterocycles. The number of carbonyl (C=O) groups is 8. The third kappa shape index (κ3) is 33.8. The highest BCUT2D eigenvalue weighted by Gasteiger charge is 2.18. The molecule has 3 unspecified atom stereocenters. The van der Waals surface area contributed by atoms with E-state index in [-0.39, 0.29) is 120 Å². The average molecular weight is 982 g/mol. The van der Waals surface area contributed by atoms with Gasteiger partial charge in [-0.2, -0.15) is 24.4 Å². The van der Waals surface area contributed by atoms with E-state index in [1.165, 1.54) is 11.8 Å². The van der Waals surface area contributed by atoms with Crippen molar-refractivity contribution in [1.82, 2.24) is 14.7 Å². The van der Waals surface area contributed by atoms with Gasteiger partial charge in [-0.25, -0.2) is 0 Å². The number of esters is 8. The molecule has 0 N–H and O–H groups in total. The Morgan fingerprint density at radius 2 is 0.773 bits per heavy atom. The van der Waals surface area contributed by atoms with E-state index < -0.39 is 29.8 Å². The van der Waals surface area contributed by atoms with E-state index in [1.807, 2.05) is 30.0 Å². The third-order valence-corrected chi connectivity index (χ3v) is 11.3. The molecule has 0 aliphatic heterocycles. The lowest BCUT2D eigenvalue weighted by atomic mass is 10.1. The zero-order chi connectivity index (χ0) is 49.7. The molecule has 3 atom stereocenters. The summed E-state index contributed by atoms with van der Waals surface area (Å²) >= 11 is 5.62. The summed E-state index contributed by atoms with van der Waals surface area (Å²) in [6, 6.07) is 0. The monoisotopic (exact) mass is 981 g/mol. The minimum atomic E-state index is -0.476. The fourth-order valence-corrected chi connectivity index (χ4v) is 6.33. The molecule has 0 rings (SSSR count). The lowest BCUT2D eigenvalue weighted by Gasteiger charge is -2.25. The first kappa shape index (κ1) is 62.3. The molecule has 0 aromatic heterocycles. The molecule has 0 aliphatic carbocycles. The van der Waals surface area contributed by atoms with Crippen LogP contribution in [0.5, 0.6) is 0 Å². The van der Waals surface area contributed by atoms with E-state index >= 15 is 0 Å². The Labute approximate surface area is 402 Å². The smallest absolute Gasteiger partial charge is 0.309 e. The molecule has 0 fully saturated rings. The molecule has 0 aromatic rings. The lowest BCUT2D eigenvalue weighted by Crippen LogP contribution is -2.34. The van der Waals surface area contributed by atoms with Gasteiger partial charge in [0.05, 0.1) is 49.4 Å². The Kier molecular flexibility index (Phi) is 37.2. The quantitative estimate of drug-likeness (QED) is 0.0402. The molecule has 0 bridgehead atoms. The summed E-state index contributed by atoms with van der Waals surface area (Å²) in [5, 5.41) is 0. The van der Waals surface area contributed by atoms with Crippen LogP contribution < -0.4 is 0 Å². The fourth-order valence-electron chi connectivity index (χ4n) is 5.54. The number of thioether (sulfide) groups is 1. The Bertz CT molecular complexity index is 1420. The summed E-state index contributed by atoms with van der Waals surface area (Å²) in [5.41, 5.74) is 0. The maximum absolute atomic E-state index is 12.6. The van der Waals surface area contributed by atoms with Crippen LogP contribution >= 0.6 is 24.4 Å². The van der Waals surface area contributed by atoms with E-state index in [1.54, 1.807) is 34.6 Å². The van der Waals surface area contributed by atoms with Crippen molar-refractivity contribution in [3.05, 3.63) is 0 Å². The van der Waals surface area contributed by atoms with Crippen LogP contribution in [0.3, 0.4) is 0 Å². The molecule has 0 saturated heterocycles. The summed E-state index contributed by atoms with van der Waals surface area (Å²) in [5.74, 6) is -3.57. The predicted octanol–water partition coefficient (Wildman–Crippen LogP) is 3.48. The Morgan fingerprint density at radius 1 is 0.455 bits per heavy atom. The third-order valence-electron chi connectivity index (χ3n) is 9.90. The first-order chi connectivity index (χ1) is 31.4. The molecule has 66 heavy (non-hydrogen) atoms. The lowest BCUT2D eigenvalue weighted by molar-refractivity contribution is -0.155. The van der Waals surface area contributed by atoms with Crippen LogP contribution in [0.1, 0.15) is 86.5 Å². The maximum atomic E-state index is 12.6. The van der Waals surface area contributed by atoms with Gasteiger partial charge in [0.25, 0.3) is 0 Å². The molecule has 382 valence electrons. The van der Waals surface area contributed by atoms with Crippen molar-refractivity contribution in [3.63, 3.8) is 0 Å². The van der Waals surface area contributed by atoms with Crippen molar-refractivity contribution in [2.24, 2.45) is 23.7 Å². The van der Waals surface area contributed by atoms with Crippen molar-refractivity contribution in [2.45, 2.75) is 86.5 Å². The molecule has 0 spiro atoms. The molecule has 0 radical (unpaired) electrons. The standard InChI is InChI=1S/C45H79N3O16S2/c1-9-35(4)43(54)62-29-25-58-39(50)13-21-48(23-15-41(52)60-27-31-64-45(56)37(6)33-66-8)19-11-17-46(7)16-10-18-47(20-12-38(49)57-24-28-61-42(53)34(2)3)22-14-40(51)59-26-30-63-44(55)36(5)32-65/h34-37,65H,9-33H2,1-8H3. The van der Waals surface area contributed by atoms with Crippen LogP contribution in [0, 0.1) is 23.7 Å². The van der Waals surface area contributed by atoms with Crippen LogP contribution in [-0.2, 0) is 76.3 Å². The maximum Gasteiger partial charge on any atom is 0.309 e. The second-order valence-corrected chi connectivity index (χ2v) is 17.4. The molecule has 0 saturated carbocycles. The van der Waals surface area contributed by atoms with Crippen molar-refractivity contribution in [3.8, 4) is 0 Å². The van der Waals surface area contributed by atoms with Crippen LogP contribution in [-0.4, -0.2) is 192 Å². The second-order valence-electron chi connectivity index (χ2n) is 16.1. The van der Waals surface area contributed by atoms with Crippen LogP contribution in [0.2, 0.25) is 0 Å². The molecule has 0 aliphatic rings. The van der Waals surface area contributed by atoms with E-state index in [2.05, 4.69) is 17.5 Å². The van der Waals surface area contributed by atoms with Gasteiger partial charge < -0.3 is 52.6 Å². The summed E-state index contributed by atoms with van der Waals surface area (Å²) < 4.78 is 41.5. The summed E-state index contributed by atoms with van der Waals surface area (Å²) in [7, 11) is 1.97. The highest BCUT2D eigenvalue weighted by Crippen LogP contribution is 2.08. The van der Waals surface area contributed by atoms with Gasteiger partial charge in [-0.1, -0.05) is 41.5 Å². The van der Waals surface area contributed by atoms with Gasteiger partial charge in [0.1, 0.15) is 52.9 Å². The normalized spacial score (nSPS) is 12.6. The van der Waals surface area contributed by atoms with Crippen LogP contribution in [0.15, 0.2) is 0 Å². The molecular formula is C45H79N3O16S2. The first-order valence-corrected chi connectivity index (χ1v) is 25.0. The molecule has 0 amide bonds. The van der Waals surface area contributed by atoms with Gasteiger partial charge in [-0.15, -0.1) is 0 Å². The highest BCUT2D eigenvalue weighted by atomic mass is 32.2. The van der Waals surface area contributed by atoms with Gasteiger partial charge in [0.15, 0.2) is 0 Å². The van der Waals surface area contributed by atoms with Gasteiger partial charge in [-0.05, 0) is 58.7 Å². The Hall–Kier alpha value is -3.66. The van der Waals surface area contributed by atoms with Crippen LogP contribution in [0.4, 0.5) is 0 Å². The molecule has 21 heteroatoms. The zero-order valence-corrected chi connectivity index (χ0v) is 42.4. The van der Waals surface area contributed by atoms with Gasteiger partial charge in [-0.3, -0.25) is 38.4 Å². The summed E-state index contributed by atoms with van der Waals surface area (Å²) in [6.07, 6.45) is 4.15. The van der Waals surface area contributed by atoms with E-state index in [9.17, 15) is 38.4 Å². The largest absolute Gasteiger partial charge is 0.462 e. The Balaban J connectivity index is 5.21. The number of carbonyl (C=O) groups excluding carboxylic acids is 8. The SMILES string of the molecule is CCC(C)C(=O)OCCOC(=O)CCN(CCCN(C)CCCN(CCC(=O)OCCOC(=O)C(C)C)CCC(=O)OCCOC(=O)C(C)CS)CCC(=O)OCCOC(=O)C(C)CSC. The number of nitrogens with zero attached hydrogens (tertiary/aromatic N) is 3. The summed E-state index contributed by atoms with van der Waals surface area (Å²) in [4.78, 5) is 104. The number of hydrogen-bond acceptors (Lipinski definition) is 21. The molecular weight excluding hydrogens is 903 g/mol. The molecule has 19 nitrogen and oxygen atoms in total. The number of hydrogen-bond donors (Lipinski definition) is 1. The fraction of sp³-hybridized carbons (Fsp3) is 0.822. The van der Waals surface area contributed by atoms with Crippen molar-refractivity contribution in [1.29, 1.82) is 0 Å².